The Kier molecular flexibility index (Phi) is 8.06. The molecule has 1 fully saturated rings. The van der Waals surface area contributed by atoms with Crippen LogP contribution in [0.1, 0.15) is 84.4 Å². The SMILES string of the molecule is CC(C)c1ccc(C(C(=O)NC2CCCCC2)N(Cc2cccs2)C(=O)c2cnccn2)cc1. The molecule has 1 unspecified atom stereocenters. The van der Waals surface area contributed by atoms with Crippen LogP contribution in [0.25, 0.3) is 0 Å². The van der Waals surface area contributed by atoms with Gasteiger partial charge in [0.15, 0.2) is 0 Å². The minimum atomic E-state index is -0.764. The van der Waals surface area contributed by atoms with Crippen molar-refractivity contribution in [2.75, 3.05) is 0 Å². The molecule has 0 aliphatic heterocycles. The first-order valence-corrected chi connectivity index (χ1v) is 12.9. The van der Waals surface area contributed by atoms with Gasteiger partial charge in [-0.2, -0.15) is 0 Å². The summed E-state index contributed by atoms with van der Waals surface area (Å²) < 4.78 is 0. The summed E-state index contributed by atoms with van der Waals surface area (Å²) in [7, 11) is 0. The van der Waals surface area contributed by atoms with Crippen molar-refractivity contribution in [3.63, 3.8) is 0 Å². The van der Waals surface area contributed by atoms with Crippen molar-refractivity contribution in [3.05, 3.63) is 82.1 Å². The zero-order valence-electron chi connectivity index (χ0n) is 19.8. The van der Waals surface area contributed by atoms with Gasteiger partial charge in [-0.05, 0) is 41.3 Å². The molecule has 2 aromatic heterocycles. The maximum absolute atomic E-state index is 13.8. The van der Waals surface area contributed by atoms with Crippen LogP contribution in [-0.4, -0.2) is 32.7 Å². The summed E-state index contributed by atoms with van der Waals surface area (Å²) in [6.45, 7) is 4.60. The molecule has 0 radical (unpaired) electrons. The van der Waals surface area contributed by atoms with Crippen LogP contribution in [0.4, 0.5) is 0 Å². The fraction of sp³-hybridized carbons (Fsp3) is 0.407. The van der Waals surface area contributed by atoms with Crippen LogP contribution in [0.2, 0.25) is 0 Å². The Labute approximate surface area is 205 Å². The fourth-order valence-electron chi connectivity index (χ4n) is 4.47. The number of hydrogen-bond acceptors (Lipinski definition) is 5. The predicted octanol–water partition coefficient (Wildman–Crippen LogP) is 5.49. The molecule has 1 atom stereocenters. The van der Waals surface area contributed by atoms with Gasteiger partial charge in [0.25, 0.3) is 5.91 Å². The monoisotopic (exact) mass is 476 g/mol. The van der Waals surface area contributed by atoms with E-state index >= 15 is 0 Å². The van der Waals surface area contributed by atoms with Crippen LogP contribution < -0.4 is 5.32 Å². The zero-order chi connectivity index (χ0) is 23.9. The van der Waals surface area contributed by atoms with E-state index in [0.29, 0.717) is 12.5 Å². The van der Waals surface area contributed by atoms with Crippen LogP contribution in [0, 0.1) is 0 Å². The minimum absolute atomic E-state index is 0.141. The molecular weight excluding hydrogens is 444 g/mol. The van der Waals surface area contributed by atoms with Crippen LogP contribution >= 0.6 is 11.3 Å². The van der Waals surface area contributed by atoms with E-state index in [2.05, 4.69) is 41.3 Å². The third kappa shape index (κ3) is 5.89. The second-order valence-corrected chi connectivity index (χ2v) is 10.2. The van der Waals surface area contributed by atoms with Crippen molar-refractivity contribution in [3.8, 4) is 0 Å². The van der Waals surface area contributed by atoms with Crippen molar-refractivity contribution in [2.45, 2.75) is 70.5 Å². The first-order chi connectivity index (χ1) is 16.5. The van der Waals surface area contributed by atoms with E-state index in [9.17, 15) is 9.59 Å². The van der Waals surface area contributed by atoms with Crippen molar-refractivity contribution in [1.29, 1.82) is 0 Å². The summed E-state index contributed by atoms with van der Waals surface area (Å²) in [6, 6.07) is 11.4. The molecule has 6 nitrogen and oxygen atoms in total. The third-order valence-electron chi connectivity index (χ3n) is 6.38. The van der Waals surface area contributed by atoms with Crippen LogP contribution in [-0.2, 0) is 11.3 Å². The maximum Gasteiger partial charge on any atom is 0.275 e. The number of hydrogen-bond donors (Lipinski definition) is 1. The number of amides is 2. The Balaban J connectivity index is 1.72. The summed E-state index contributed by atoms with van der Waals surface area (Å²) in [5.74, 6) is -0.0664. The van der Waals surface area contributed by atoms with Gasteiger partial charge in [0, 0.05) is 23.3 Å². The first kappa shape index (κ1) is 24.1. The molecule has 3 aromatic rings. The van der Waals surface area contributed by atoms with Gasteiger partial charge in [0.05, 0.1) is 12.7 Å². The number of nitrogens with one attached hydrogen (secondary N) is 1. The smallest absolute Gasteiger partial charge is 0.275 e. The highest BCUT2D eigenvalue weighted by molar-refractivity contribution is 7.09. The zero-order valence-corrected chi connectivity index (χ0v) is 20.6. The van der Waals surface area contributed by atoms with Gasteiger partial charge in [0.2, 0.25) is 5.91 Å². The highest BCUT2D eigenvalue weighted by atomic mass is 32.1. The lowest BCUT2D eigenvalue weighted by molar-refractivity contribution is -0.127. The number of aromatic nitrogens is 2. The van der Waals surface area contributed by atoms with Gasteiger partial charge in [-0.1, -0.05) is 63.4 Å². The average molecular weight is 477 g/mol. The van der Waals surface area contributed by atoms with Gasteiger partial charge in [-0.25, -0.2) is 4.98 Å². The Morgan fingerprint density at radius 2 is 1.79 bits per heavy atom. The quantitative estimate of drug-likeness (QED) is 0.466. The Bertz CT molecular complexity index is 1060. The molecule has 1 aromatic carbocycles. The molecule has 0 saturated heterocycles. The van der Waals surface area contributed by atoms with E-state index < -0.39 is 6.04 Å². The van der Waals surface area contributed by atoms with Gasteiger partial charge >= 0.3 is 0 Å². The predicted molar refractivity (Wildman–Crippen MR) is 135 cm³/mol. The normalized spacial score (nSPS) is 15.1. The van der Waals surface area contributed by atoms with Crippen molar-refractivity contribution >= 4 is 23.2 Å². The molecule has 2 amide bonds. The van der Waals surface area contributed by atoms with E-state index in [1.54, 1.807) is 16.2 Å². The lowest BCUT2D eigenvalue weighted by Crippen LogP contribution is -2.47. The van der Waals surface area contributed by atoms with Gasteiger partial charge in [0.1, 0.15) is 11.7 Å². The number of benzene rings is 1. The highest BCUT2D eigenvalue weighted by Gasteiger charge is 2.34. The molecule has 1 aliphatic rings. The number of carbonyl (C=O) groups excluding carboxylic acids is 2. The second-order valence-electron chi connectivity index (χ2n) is 9.17. The van der Waals surface area contributed by atoms with E-state index in [1.807, 2.05) is 29.6 Å². The lowest BCUT2D eigenvalue weighted by atomic mass is 9.94. The number of carbonyl (C=O) groups is 2. The Morgan fingerprint density at radius 3 is 2.41 bits per heavy atom. The third-order valence-corrected chi connectivity index (χ3v) is 7.24. The molecular formula is C27H32N4O2S. The molecule has 0 spiro atoms. The van der Waals surface area contributed by atoms with E-state index in [0.717, 1.165) is 36.1 Å². The van der Waals surface area contributed by atoms with Crippen molar-refractivity contribution < 1.29 is 9.59 Å². The first-order valence-electron chi connectivity index (χ1n) is 12.0. The molecule has 1 aliphatic carbocycles. The average Bonchev–Trinajstić information content (AvgIpc) is 3.38. The summed E-state index contributed by atoms with van der Waals surface area (Å²) in [4.78, 5) is 38.5. The molecule has 7 heteroatoms. The van der Waals surface area contributed by atoms with Crippen LogP contribution in [0.5, 0.6) is 0 Å². The van der Waals surface area contributed by atoms with E-state index in [-0.39, 0.29) is 23.6 Å². The Hall–Kier alpha value is -3.06. The largest absolute Gasteiger partial charge is 0.351 e. The molecule has 34 heavy (non-hydrogen) atoms. The van der Waals surface area contributed by atoms with Crippen molar-refractivity contribution in [1.82, 2.24) is 20.2 Å². The van der Waals surface area contributed by atoms with Gasteiger partial charge in [-0.15, -0.1) is 11.3 Å². The van der Waals surface area contributed by atoms with Crippen LogP contribution in [0.15, 0.2) is 60.4 Å². The summed E-state index contributed by atoms with van der Waals surface area (Å²) in [5, 5.41) is 5.24. The Morgan fingerprint density at radius 1 is 1.06 bits per heavy atom. The summed E-state index contributed by atoms with van der Waals surface area (Å²) in [5.41, 5.74) is 2.22. The standard InChI is InChI=1S/C27H32N4O2S/c1-19(2)20-10-12-21(13-11-20)25(26(32)30-22-7-4-3-5-8-22)31(18-23-9-6-16-34-23)27(33)24-17-28-14-15-29-24/h6,9-17,19,22,25H,3-5,7-8,18H2,1-2H3,(H,30,32). The molecule has 1 saturated carbocycles. The second kappa shape index (κ2) is 11.4. The molecule has 1 N–H and O–H groups in total. The molecule has 4 rings (SSSR count). The van der Waals surface area contributed by atoms with E-state index in [1.165, 1.54) is 30.6 Å². The highest BCUT2D eigenvalue weighted by Crippen LogP contribution is 2.29. The fourth-order valence-corrected chi connectivity index (χ4v) is 5.17. The number of nitrogens with zero attached hydrogens (tertiary/aromatic N) is 3. The van der Waals surface area contributed by atoms with Gasteiger partial charge in [-0.3, -0.25) is 14.6 Å². The van der Waals surface area contributed by atoms with E-state index in [4.69, 9.17) is 0 Å². The summed E-state index contributed by atoms with van der Waals surface area (Å²) in [6.07, 6.45) is 9.92. The minimum Gasteiger partial charge on any atom is -0.351 e. The molecule has 2 heterocycles. The summed E-state index contributed by atoms with van der Waals surface area (Å²) >= 11 is 1.57. The maximum atomic E-state index is 13.8. The topological polar surface area (TPSA) is 75.2 Å². The molecule has 0 bridgehead atoms. The lowest BCUT2D eigenvalue weighted by Gasteiger charge is -2.33. The number of thiophene rings is 1. The van der Waals surface area contributed by atoms with Crippen LogP contribution in [0.3, 0.4) is 0 Å². The van der Waals surface area contributed by atoms with Crippen molar-refractivity contribution in [2.24, 2.45) is 0 Å². The molecule has 178 valence electrons. The van der Waals surface area contributed by atoms with Gasteiger partial charge < -0.3 is 10.2 Å². The number of rotatable bonds is 8.